The lowest BCUT2D eigenvalue weighted by atomic mass is 10.2. The third-order valence-electron chi connectivity index (χ3n) is 4.15. The zero-order chi connectivity index (χ0) is 14.3. The first-order valence-corrected chi connectivity index (χ1v) is 7.62. The summed E-state index contributed by atoms with van der Waals surface area (Å²) in [6.45, 7) is 4.32. The van der Waals surface area contributed by atoms with E-state index in [0.717, 1.165) is 16.6 Å². The molecule has 4 heteroatoms. The topological polar surface area (TPSA) is 25.5 Å². The van der Waals surface area contributed by atoms with Crippen molar-refractivity contribution in [1.82, 2.24) is 0 Å². The molecule has 0 amide bonds. The minimum Gasteiger partial charge on any atom is -0.390 e. The Morgan fingerprint density at radius 2 is 1.85 bits per heavy atom. The van der Waals surface area contributed by atoms with Crippen LogP contribution in [0.4, 0.5) is 0 Å². The molecule has 1 aliphatic heterocycles. The van der Waals surface area contributed by atoms with Crippen LogP contribution in [0.5, 0.6) is 0 Å². The van der Waals surface area contributed by atoms with Crippen molar-refractivity contribution < 1.29 is 13.9 Å². The monoisotopic (exact) mass is 277 g/mol. The lowest BCUT2D eigenvalue weighted by Gasteiger charge is -2.32. The highest BCUT2D eigenvalue weighted by molar-refractivity contribution is 5.78. The van der Waals surface area contributed by atoms with E-state index >= 15 is 0 Å². The molecular weight excluding hydrogens is 250 g/mol. The minimum absolute atomic E-state index is 0.702. The molecule has 20 heavy (non-hydrogen) atoms. The molecule has 0 spiro atoms. The van der Waals surface area contributed by atoms with Crippen LogP contribution >= 0.6 is 0 Å². The van der Waals surface area contributed by atoms with E-state index in [1.54, 1.807) is 6.21 Å². The second-order valence-corrected chi connectivity index (χ2v) is 6.07. The molecule has 1 aliphatic rings. The SMILES string of the molecule is C[n+]1ccc(/C=N\OCC[N+]2(C)CCCCCC2)cc1. The number of rotatable bonds is 5. The predicted octanol–water partition coefficient (Wildman–Crippen LogP) is 1.88. The van der Waals surface area contributed by atoms with E-state index in [0.29, 0.717) is 6.61 Å². The van der Waals surface area contributed by atoms with Crippen molar-refractivity contribution in [2.24, 2.45) is 12.2 Å². The van der Waals surface area contributed by atoms with E-state index < -0.39 is 0 Å². The number of hydrogen-bond acceptors (Lipinski definition) is 2. The molecule has 0 N–H and O–H groups in total. The van der Waals surface area contributed by atoms with Crippen molar-refractivity contribution in [3.63, 3.8) is 0 Å². The van der Waals surface area contributed by atoms with Crippen molar-refractivity contribution >= 4 is 6.21 Å². The average molecular weight is 277 g/mol. The Labute approximate surface area is 122 Å². The van der Waals surface area contributed by atoms with Crippen LogP contribution in [0.25, 0.3) is 0 Å². The zero-order valence-corrected chi connectivity index (χ0v) is 12.8. The van der Waals surface area contributed by atoms with Gasteiger partial charge in [0.25, 0.3) is 0 Å². The van der Waals surface area contributed by atoms with E-state index in [4.69, 9.17) is 4.84 Å². The van der Waals surface area contributed by atoms with Gasteiger partial charge in [-0.1, -0.05) is 5.16 Å². The lowest BCUT2D eigenvalue weighted by Crippen LogP contribution is -2.46. The summed E-state index contributed by atoms with van der Waals surface area (Å²) in [6, 6.07) is 4.05. The molecule has 4 nitrogen and oxygen atoms in total. The van der Waals surface area contributed by atoms with E-state index in [1.807, 2.05) is 36.1 Å². The zero-order valence-electron chi connectivity index (χ0n) is 12.8. The van der Waals surface area contributed by atoms with Crippen LogP contribution in [-0.2, 0) is 11.9 Å². The summed E-state index contributed by atoms with van der Waals surface area (Å²) in [7, 11) is 4.35. The standard InChI is InChI=1S/C16H27N3O/c1-18-9-7-16(8-10-18)15-17-20-14-13-19(2)11-5-3-4-6-12-19/h7-10,15H,3-6,11-14H2,1-2H3/q+2/b17-15-. The van der Waals surface area contributed by atoms with E-state index in [9.17, 15) is 0 Å². The maximum absolute atomic E-state index is 5.42. The van der Waals surface area contributed by atoms with Crippen LogP contribution in [-0.4, -0.2) is 44.0 Å². The van der Waals surface area contributed by atoms with Crippen molar-refractivity contribution in [2.75, 3.05) is 33.3 Å². The van der Waals surface area contributed by atoms with Gasteiger partial charge in [-0.05, 0) is 25.7 Å². The van der Waals surface area contributed by atoms with Gasteiger partial charge in [-0.3, -0.25) is 0 Å². The first-order valence-electron chi connectivity index (χ1n) is 7.62. The Balaban J connectivity index is 1.71. The molecular formula is C16H27N3O+2. The van der Waals surface area contributed by atoms with Gasteiger partial charge in [0.05, 0.1) is 26.4 Å². The van der Waals surface area contributed by atoms with Gasteiger partial charge >= 0.3 is 0 Å². The Morgan fingerprint density at radius 3 is 2.50 bits per heavy atom. The second kappa shape index (κ2) is 7.39. The number of likely N-dealkylation sites (tertiary alicyclic amines) is 1. The summed E-state index contributed by atoms with van der Waals surface area (Å²) in [5.41, 5.74) is 1.07. The van der Waals surface area contributed by atoms with Gasteiger partial charge in [0.15, 0.2) is 19.0 Å². The van der Waals surface area contributed by atoms with Crippen molar-refractivity contribution in [1.29, 1.82) is 0 Å². The first kappa shape index (κ1) is 15.0. The largest absolute Gasteiger partial charge is 0.390 e. The van der Waals surface area contributed by atoms with Gasteiger partial charge in [-0.2, -0.15) is 0 Å². The molecule has 0 atom stereocenters. The lowest BCUT2D eigenvalue weighted by molar-refractivity contribution is -0.909. The Hall–Kier alpha value is -1.42. The molecule has 0 radical (unpaired) electrons. The van der Waals surface area contributed by atoms with Crippen LogP contribution in [0, 0.1) is 0 Å². The number of aryl methyl sites for hydroxylation is 1. The van der Waals surface area contributed by atoms with E-state index in [2.05, 4.69) is 12.2 Å². The summed E-state index contributed by atoms with van der Waals surface area (Å²) in [5.74, 6) is 0. The van der Waals surface area contributed by atoms with Crippen molar-refractivity contribution in [3.05, 3.63) is 30.1 Å². The molecule has 0 aliphatic carbocycles. The smallest absolute Gasteiger partial charge is 0.169 e. The van der Waals surface area contributed by atoms with Gasteiger partial charge < -0.3 is 9.32 Å². The number of hydrogen-bond donors (Lipinski definition) is 0. The summed E-state index contributed by atoms with van der Waals surface area (Å²) in [5, 5.41) is 4.07. The molecule has 0 unspecified atom stereocenters. The molecule has 1 fully saturated rings. The molecule has 0 aromatic carbocycles. The summed E-state index contributed by atoms with van der Waals surface area (Å²) in [6.07, 6.45) is 11.3. The van der Waals surface area contributed by atoms with Crippen molar-refractivity contribution in [3.8, 4) is 0 Å². The van der Waals surface area contributed by atoms with E-state index in [1.165, 1.54) is 38.8 Å². The molecule has 0 bridgehead atoms. The van der Waals surface area contributed by atoms with Crippen LogP contribution in [0.15, 0.2) is 29.7 Å². The summed E-state index contributed by atoms with van der Waals surface area (Å²) < 4.78 is 3.14. The summed E-state index contributed by atoms with van der Waals surface area (Å²) in [4.78, 5) is 5.42. The fourth-order valence-corrected chi connectivity index (χ4v) is 2.69. The average Bonchev–Trinajstić information content (AvgIpc) is 2.66. The van der Waals surface area contributed by atoms with Crippen molar-refractivity contribution in [2.45, 2.75) is 25.7 Å². The van der Waals surface area contributed by atoms with Gasteiger partial charge in [0, 0.05) is 17.7 Å². The Bertz CT molecular complexity index is 420. The Morgan fingerprint density at radius 1 is 1.20 bits per heavy atom. The summed E-state index contributed by atoms with van der Waals surface area (Å²) >= 11 is 0. The molecule has 110 valence electrons. The number of oxime groups is 1. The number of nitrogens with zero attached hydrogens (tertiary/aromatic N) is 3. The molecule has 1 saturated heterocycles. The van der Waals surface area contributed by atoms with Gasteiger partial charge in [-0.15, -0.1) is 0 Å². The highest BCUT2D eigenvalue weighted by Crippen LogP contribution is 2.15. The third kappa shape index (κ3) is 4.93. The van der Waals surface area contributed by atoms with Gasteiger partial charge in [0.2, 0.25) is 0 Å². The van der Waals surface area contributed by atoms with Crippen LogP contribution in [0.1, 0.15) is 31.2 Å². The highest BCUT2D eigenvalue weighted by atomic mass is 16.6. The van der Waals surface area contributed by atoms with Gasteiger partial charge in [0.1, 0.15) is 13.6 Å². The molecule has 2 rings (SSSR count). The fraction of sp³-hybridized carbons (Fsp3) is 0.625. The normalized spacial score (nSPS) is 18.9. The predicted molar refractivity (Wildman–Crippen MR) is 80.4 cm³/mol. The highest BCUT2D eigenvalue weighted by Gasteiger charge is 2.22. The molecule has 1 aromatic heterocycles. The maximum Gasteiger partial charge on any atom is 0.169 e. The molecule has 0 saturated carbocycles. The number of likely N-dealkylation sites (N-methyl/N-ethyl adjacent to an activating group) is 1. The first-order chi connectivity index (χ1) is 9.68. The maximum atomic E-state index is 5.42. The fourth-order valence-electron chi connectivity index (χ4n) is 2.69. The van der Waals surface area contributed by atoms with Crippen LogP contribution in [0.3, 0.4) is 0 Å². The molecule has 1 aromatic rings. The van der Waals surface area contributed by atoms with Crippen LogP contribution < -0.4 is 4.57 Å². The van der Waals surface area contributed by atoms with Gasteiger partial charge in [-0.25, -0.2) is 4.57 Å². The Kier molecular flexibility index (Phi) is 5.53. The quantitative estimate of drug-likeness (QED) is 0.265. The van der Waals surface area contributed by atoms with Crippen LogP contribution in [0.2, 0.25) is 0 Å². The number of aromatic nitrogens is 1. The van der Waals surface area contributed by atoms with E-state index in [-0.39, 0.29) is 0 Å². The number of pyridine rings is 1. The number of quaternary nitrogens is 1. The minimum atomic E-state index is 0.702. The second-order valence-electron chi connectivity index (χ2n) is 6.07. The third-order valence-corrected chi connectivity index (χ3v) is 4.15. The molecule has 2 heterocycles.